The Morgan fingerprint density at radius 1 is 1.20 bits per heavy atom. The topological polar surface area (TPSA) is 73.3 Å². The Balaban J connectivity index is 1.38. The van der Waals surface area contributed by atoms with Crippen LogP contribution in [0.1, 0.15) is 43.2 Å². The molecule has 1 amide bonds. The highest BCUT2D eigenvalue weighted by Crippen LogP contribution is 2.24. The first-order valence-corrected chi connectivity index (χ1v) is 8.68. The monoisotopic (exact) mass is 341 g/mol. The molecule has 1 aromatic carbocycles. The molecule has 2 heterocycles. The van der Waals surface area contributed by atoms with Gasteiger partial charge >= 0.3 is 0 Å². The molecule has 0 radical (unpaired) electrons. The molecule has 3 rings (SSSR count). The number of carbonyl (C=O) groups excluding carboxylic acids is 1. The van der Waals surface area contributed by atoms with E-state index in [-0.39, 0.29) is 12.0 Å². The molecule has 1 saturated heterocycles. The summed E-state index contributed by atoms with van der Waals surface area (Å²) in [6, 6.07) is 9.46. The summed E-state index contributed by atoms with van der Waals surface area (Å²) in [5, 5.41) is 2.85. The van der Waals surface area contributed by atoms with E-state index in [1.54, 1.807) is 12.4 Å². The Kier molecular flexibility index (Phi) is 6.34. The molecular formula is C19H23N3O3. The molecule has 0 unspecified atom stereocenters. The van der Waals surface area contributed by atoms with Gasteiger partial charge in [0.05, 0.1) is 13.0 Å². The zero-order valence-electron chi connectivity index (χ0n) is 14.2. The van der Waals surface area contributed by atoms with E-state index in [2.05, 4.69) is 15.3 Å². The molecule has 1 N–H and O–H groups in total. The summed E-state index contributed by atoms with van der Waals surface area (Å²) in [5.41, 5.74) is 0.872. The van der Waals surface area contributed by atoms with E-state index in [0.29, 0.717) is 19.6 Å². The molecule has 1 atom stereocenters. The molecule has 1 aromatic heterocycles. The van der Waals surface area contributed by atoms with E-state index >= 15 is 0 Å². The number of rotatable bonds is 7. The Labute approximate surface area is 147 Å². The van der Waals surface area contributed by atoms with Gasteiger partial charge in [-0.1, -0.05) is 18.2 Å². The van der Waals surface area contributed by atoms with E-state index in [1.807, 2.05) is 30.3 Å². The van der Waals surface area contributed by atoms with Gasteiger partial charge in [-0.05, 0) is 31.4 Å². The van der Waals surface area contributed by atoms with E-state index in [0.717, 1.165) is 43.0 Å². The van der Waals surface area contributed by atoms with Crippen molar-refractivity contribution in [2.75, 3.05) is 13.2 Å². The molecule has 0 saturated carbocycles. The molecule has 6 heteroatoms. The van der Waals surface area contributed by atoms with Crippen molar-refractivity contribution in [1.29, 1.82) is 0 Å². The van der Waals surface area contributed by atoms with Gasteiger partial charge in [0, 0.05) is 31.1 Å². The van der Waals surface area contributed by atoms with Crippen LogP contribution in [0, 0.1) is 0 Å². The van der Waals surface area contributed by atoms with Gasteiger partial charge in [0.1, 0.15) is 11.9 Å². The summed E-state index contributed by atoms with van der Waals surface area (Å²) >= 11 is 0. The molecule has 0 aliphatic carbocycles. The Morgan fingerprint density at radius 2 is 2.00 bits per heavy atom. The third-order valence-corrected chi connectivity index (χ3v) is 4.02. The minimum Gasteiger partial charge on any atom is -0.493 e. The summed E-state index contributed by atoms with van der Waals surface area (Å²) in [7, 11) is 0. The number of benzene rings is 1. The largest absolute Gasteiger partial charge is 0.493 e. The maximum atomic E-state index is 11.9. The fourth-order valence-electron chi connectivity index (χ4n) is 2.63. The molecule has 132 valence electrons. The molecule has 2 aromatic rings. The smallest absolute Gasteiger partial charge is 0.223 e. The predicted molar refractivity (Wildman–Crippen MR) is 93.0 cm³/mol. The van der Waals surface area contributed by atoms with Crippen molar-refractivity contribution in [3.05, 3.63) is 54.1 Å². The quantitative estimate of drug-likeness (QED) is 0.838. The first-order valence-electron chi connectivity index (χ1n) is 8.68. The van der Waals surface area contributed by atoms with Crippen molar-refractivity contribution >= 4 is 5.91 Å². The number of para-hydroxylation sites is 1. The van der Waals surface area contributed by atoms with Gasteiger partial charge in [0.25, 0.3) is 0 Å². The molecule has 6 nitrogen and oxygen atoms in total. The van der Waals surface area contributed by atoms with Crippen molar-refractivity contribution in [2.45, 2.75) is 38.3 Å². The average molecular weight is 341 g/mol. The highest BCUT2D eigenvalue weighted by molar-refractivity contribution is 5.75. The van der Waals surface area contributed by atoms with Gasteiger partial charge in [-0.15, -0.1) is 0 Å². The fourth-order valence-corrected chi connectivity index (χ4v) is 2.63. The van der Waals surface area contributed by atoms with Crippen LogP contribution in [-0.4, -0.2) is 29.1 Å². The SMILES string of the molecule is O=C(CCOc1ccccc1)NCc1cnc([C@@H]2CCCCO2)nc1. The lowest BCUT2D eigenvalue weighted by atomic mass is 10.1. The number of nitrogens with zero attached hydrogens (tertiary/aromatic N) is 2. The standard InChI is InChI=1S/C19H23N3O3/c23-18(9-11-24-16-6-2-1-3-7-16)20-12-15-13-21-19(22-14-15)17-8-4-5-10-25-17/h1-3,6-7,13-14,17H,4-5,8-12H2,(H,20,23)/t17-/m0/s1. The van der Waals surface area contributed by atoms with Crippen molar-refractivity contribution in [3.8, 4) is 5.75 Å². The maximum Gasteiger partial charge on any atom is 0.223 e. The number of carbonyl (C=O) groups is 1. The highest BCUT2D eigenvalue weighted by atomic mass is 16.5. The van der Waals surface area contributed by atoms with Crippen LogP contribution in [0.4, 0.5) is 0 Å². The van der Waals surface area contributed by atoms with Crippen molar-refractivity contribution < 1.29 is 14.3 Å². The second kappa shape index (κ2) is 9.13. The number of amides is 1. The van der Waals surface area contributed by atoms with E-state index in [1.165, 1.54) is 0 Å². The number of hydrogen-bond donors (Lipinski definition) is 1. The van der Waals surface area contributed by atoms with Crippen LogP contribution in [0.15, 0.2) is 42.7 Å². The number of hydrogen-bond acceptors (Lipinski definition) is 5. The number of nitrogens with one attached hydrogen (secondary N) is 1. The van der Waals surface area contributed by atoms with Crippen LogP contribution in [0.5, 0.6) is 5.75 Å². The normalized spacial score (nSPS) is 17.0. The summed E-state index contributed by atoms with van der Waals surface area (Å²) in [4.78, 5) is 20.6. The van der Waals surface area contributed by atoms with Crippen LogP contribution in [0.3, 0.4) is 0 Å². The van der Waals surface area contributed by atoms with Crippen molar-refractivity contribution in [1.82, 2.24) is 15.3 Å². The minimum atomic E-state index is -0.0596. The number of aromatic nitrogens is 2. The Bertz CT molecular complexity index is 655. The number of ether oxygens (including phenoxy) is 2. The maximum absolute atomic E-state index is 11.9. The first-order chi connectivity index (χ1) is 12.3. The lowest BCUT2D eigenvalue weighted by molar-refractivity contribution is -0.121. The Morgan fingerprint density at radius 3 is 2.72 bits per heavy atom. The lowest BCUT2D eigenvalue weighted by Crippen LogP contribution is -2.24. The van der Waals surface area contributed by atoms with Crippen LogP contribution in [0.25, 0.3) is 0 Å². The summed E-state index contributed by atoms with van der Waals surface area (Å²) < 4.78 is 11.2. The fraction of sp³-hybridized carbons (Fsp3) is 0.421. The van der Waals surface area contributed by atoms with Crippen molar-refractivity contribution in [3.63, 3.8) is 0 Å². The van der Waals surface area contributed by atoms with E-state index < -0.39 is 0 Å². The predicted octanol–water partition coefficient (Wildman–Crippen LogP) is 2.80. The van der Waals surface area contributed by atoms with Crippen LogP contribution in [-0.2, 0) is 16.1 Å². The van der Waals surface area contributed by atoms with Gasteiger partial charge in [-0.25, -0.2) is 9.97 Å². The van der Waals surface area contributed by atoms with E-state index in [4.69, 9.17) is 9.47 Å². The van der Waals surface area contributed by atoms with Gasteiger partial charge in [-0.2, -0.15) is 0 Å². The minimum absolute atomic E-state index is 0.00697. The second-order valence-electron chi connectivity index (χ2n) is 5.99. The van der Waals surface area contributed by atoms with Gasteiger partial charge in [-0.3, -0.25) is 4.79 Å². The lowest BCUT2D eigenvalue weighted by Gasteiger charge is -2.21. The summed E-state index contributed by atoms with van der Waals surface area (Å²) in [6.07, 6.45) is 7.04. The van der Waals surface area contributed by atoms with Gasteiger partial charge in [0.15, 0.2) is 5.82 Å². The highest BCUT2D eigenvalue weighted by Gasteiger charge is 2.18. The molecule has 1 aliphatic heterocycles. The molecule has 0 spiro atoms. The average Bonchev–Trinajstić information content (AvgIpc) is 2.68. The molecular weight excluding hydrogens is 318 g/mol. The van der Waals surface area contributed by atoms with Crippen LogP contribution in [0.2, 0.25) is 0 Å². The summed E-state index contributed by atoms with van der Waals surface area (Å²) in [5.74, 6) is 1.44. The van der Waals surface area contributed by atoms with Crippen LogP contribution >= 0.6 is 0 Å². The van der Waals surface area contributed by atoms with Gasteiger partial charge < -0.3 is 14.8 Å². The van der Waals surface area contributed by atoms with Crippen molar-refractivity contribution in [2.24, 2.45) is 0 Å². The van der Waals surface area contributed by atoms with Gasteiger partial charge in [0.2, 0.25) is 5.91 Å². The second-order valence-corrected chi connectivity index (χ2v) is 5.99. The zero-order chi connectivity index (χ0) is 17.3. The molecule has 0 bridgehead atoms. The molecule has 25 heavy (non-hydrogen) atoms. The third kappa shape index (κ3) is 5.53. The Hall–Kier alpha value is -2.47. The van der Waals surface area contributed by atoms with Crippen LogP contribution < -0.4 is 10.1 Å². The third-order valence-electron chi connectivity index (χ3n) is 4.02. The molecule has 1 fully saturated rings. The molecule has 1 aliphatic rings. The van der Waals surface area contributed by atoms with E-state index in [9.17, 15) is 4.79 Å². The first kappa shape index (κ1) is 17.4. The summed E-state index contributed by atoms with van der Waals surface area (Å²) in [6.45, 7) is 1.54. The zero-order valence-corrected chi connectivity index (χ0v) is 14.2.